The van der Waals surface area contributed by atoms with Crippen LogP contribution < -0.4 is 26.6 Å². The van der Waals surface area contributed by atoms with Crippen molar-refractivity contribution in [2.24, 2.45) is 11.7 Å². The molecule has 6 N–H and O–H groups in total. The molecule has 0 saturated carbocycles. The molecule has 35 heavy (non-hydrogen) atoms. The molecule has 0 aromatic heterocycles. The lowest BCUT2D eigenvalue weighted by Gasteiger charge is -2.24. The number of anilines is 1. The zero-order valence-corrected chi connectivity index (χ0v) is 19.7. The number of carboxylic acids is 1. The Bertz CT molecular complexity index is 961. The van der Waals surface area contributed by atoms with E-state index in [0.717, 1.165) is 4.90 Å². The molecular formula is C23H31N5O7. The van der Waals surface area contributed by atoms with E-state index in [2.05, 4.69) is 16.0 Å². The van der Waals surface area contributed by atoms with Gasteiger partial charge in [0, 0.05) is 19.4 Å². The number of carbonyl (C=O) groups is 6. The molecule has 190 valence electrons. The fourth-order valence-corrected chi connectivity index (χ4v) is 3.61. The minimum atomic E-state index is -1.23. The molecule has 12 heteroatoms. The van der Waals surface area contributed by atoms with Gasteiger partial charge in [-0.3, -0.25) is 24.1 Å². The van der Waals surface area contributed by atoms with Crippen LogP contribution in [0.15, 0.2) is 24.3 Å². The van der Waals surface area contributed by atoms with Gasteiger partial charge in [0.05, 0.1) is 12.1 Å². The lowest BCUT2D eigenvalue weighted by molar-refractivity contribution is -0.142. The Labute approximate surface area is 202 Å². The van der Waals surface area contributed by atoms with Crippen molar-refractivity contribution in [2.75, 3.05) is 11.4 Å². The van der Waals surface area contributed by atoms with Crippen LogP contribution >= 0.6 is 0 Å². The van der Waals surface area contributed by atoms with E-state index in [9.17, 15) is 33.9 Å². The number of hydrogen-bond acceptors (Lipinski definition) is 6. The summed E-state index contributed by atoms with van der Waals surface area (Å²) in [6, 6.07) is 3.53. The number of nitrogens with zero attached hydrogens (tertiary/aromatic N) is 1. The number of carboxylic acid groups (broad SMARTS) is 1. The van der Waals surface area contributed by atoms with Crippen LogP contribution in [0.5, 0.6) is 0 Å². The molecule has 1 fully saturated rings. The molecular weight excluding hydrogens is 458 g/mol. The fourth-order valence-electron chi connectivity index (χ4n) is 3.61. The number of carbonyl (C=O) groups excluding carboxylic acids is 5. The van der Waals surface area contributed by atoms with E-state index in [1.54, 1.807) is 38.1 Å². The van der Waals surface area contributed by atoms with Gasteiger partial charge in [0.1, 0.15) is 12.1 Å². The first-order valence-corrected chi connectivity index (χ1v) is 11.3. The highest BCUT2D eigenvalue weighted by Gasteiger charge is 2.31. The second-order valence-corrected chi connectivity index (χ2v) is 8.59. The minimum Gasteiger partial charge on any atom is -0.480 e. The topological polar surface area (TPSA) is 188 Å². The molecule has 0 unspecified atom stereocenters. The number of benzene rings is 1. The number of nitrogens with two attached hydrogens (primary N) is 1. The van der Waals surface area contributed by atoms with Crippen LogP contribution in [-0.4, -0.2) is 59.4 Å². The first-order valence-electron chi connectivity index (χ1n) is 11.3. The van der Waals surface area contributed by atoms with Crippen molar-refractivity contribution in [3.8, 4) is 0 Å². The zero-order chi connectivity index (χ0) is 26.1. The van der Waals surface area contributed by atoms with Crippen molar-refractivity contribution in [3.63, 3.8) is 0 Å². The standard InChI is InChI=1S/C23H31N5O7/c1-13(2)20(21(32)26-16(22(33)34)4-3-11-25-23(24)35)27-17(29)12-14-5-7-15(8-6-14)28-18(30)9-10-19(28)31/h5-8,13,16,20H,3-4,9-12H2,1-2H3,(H,26,32)(H,27,29)(H,33,34)(H3,24,25,35)/t16-,20-/m0/s1. The molecule has 1 aromatic carbocycles. The first kappa shape index (κ1) is 27.3. The quantitative estimate of drug-likeness (QED) is 0.202. The predicted molar refractivity (Wildman–Crippen MR) is 125 cm³/mol. The van der Waals surface area contributed by atoms with E-state index in [1.165, 1.54) is 0 Å². The first-order chi connectivity index (χ1) is 16.5. The molecule has 0 bridgehead atoms. The van der Waals surface area contributed by atoms with Crippen LogP contribution in [0, 0.1) is 5.92 Å². The monoisotopic (exact) mass is 489 g/mol. The number of primary amides is 1. The van der Waals surface area contributed by atoms with Crippen LogP contribution in [0.2, 0.25) is 0 Å². The number of urea groups is 1. The van der Waals surface area contributed by atoms with Crippen LogP contribution in [0.4, 0.5) is 10.5 Å². The van der Waals surface area contributed by atoms with Crippen molar-refractivity contribution in [3.05, 3.63) is 29.8 Å². The summed E-state index contributed by atoms with van der Waals surface area (Å²) in [6.07, 6.45) is 0.640. The average Bonchev–Trinajstić information content (AvgIpc) is 3.12. The zero-order valence-electron chi connectivity index (χ0n) is 19.7. The van der Waals surface area contributed by atoms with Crippen LogP contribution in [-0.2, 0) is 30.4 Å². The Hall–Kier alpha value is -3.96. The number of rotatable bonds is 12. The molecule has 1 saturated heterocycles. The Morgan fingerprint density at radius 2 is 1.63 bits per heavy atom. The maximum absolute atomic E-state index is 12.7. The lowest BCUT2D eigenvalue weighted by atomic mass is 10.0. The maximum Gasteiger partial charge on any atom is 0.326 e. The third kappa shape index (κ3) is 8.09. The number of aliphatic carboxylic acids is 1. The van der Waals surface area contributed by atoms with Gasteiger partial charge < -0.3 is 26.8 Å². The summed E-state index contributed by atoms with van der Waals surface area (Å²) in [6.45, 7) is 3.60. The number of hydrogen-bond donors (Lipinski definition) is 5. The number of amides is 6. The molecule has 6 amide bonds. The summed E-state index contributed by atoms with van der Waals surface area (Å²) in [5.74, 6) is -3.17. The van der Waals surface area contributed by atoms with Gasteiger partial charge in [0.2, 0.25) is 23.6 Å². The molecule has 1 aliphatic heterocycles. The smallest absolute Gasteiger partial charge is 0.326 e. The molecule has 2 atom stereocenters. The Balaban J connectivity index is 1.95. The summed E-state index contributed by atoms with van der Waals surface area (Å²) in [7, 11) is 0. The predicted octanol–water partition coefficient (Wildman–Crippen LogP) is 0.0412. The van der Waals surface area contributed by atoms with Crippen LogP contribution in [0.25, 0.3) is 0 Å². The van der Waals surface area contributed by atoms with E-state index in [0.29, 0.717) is 11.3 Å². The van der Waals surface area contributed by atoms with Gasteiger partial charge >= 0.3 is 12.0 Å². The molecule has 12 nitrogen and oxygen atoms in total. The van der Waals surface area contributed by atoms with Crippen molar-refractivity contribution in [2.45, 2.75) is 58.0 Å². The van der Waals surface area contributed by atoms with Gasteiger partial charge in [-0.05, 0) is 36.5 Å². The summed E-state index contributed by atoms with van der Waals surface area (Å²) < 4.78 is 0. The van der Waals surface area contributed by atoms with Gasteiger partial charge in [-0.25, -0.2) is 9.59 Å². The maximum atomic E-state index is 12.7. The molecule has 1 aliphatic rings. The van der Waals surface area contributed by atoms with Crippen molar-refractivity contribution < 1.29 is 33.9 Å². The number of imide groups is 1. The molecule has 1 heterocycles. The minimum absolute atomic E-state index is 0.0557. The molecule has 0 radical (unpaired) electrons. The highest BCUT2D eigenvalue weighted by Crippen LogP contribution is 2.23. The molecule has 0 aliphatic carbocycles. The van der Waals surface area contributed by atoms with Crippen molar-refractivity contribution in [1.82, 2.24) is 16.0 Å². The summed E-state index contributed by atoms with van der Waals surface area (Å²) in [5.41, 5.74) is 6.01. The highest BCUT2D eigenvalue weighted by atomic mass is 16.4. The van der Waals surface area contributed by atoms with Crippen LogP contribution in [0.3, 0.4) is 0 Å². The molecule has 0 spiro atoms. The van der Waals surface area contributed by atoms with Crippen LogP contribution in [0.1, 0.15) is 45.1 Å². The highest BCUT2D eigenvalue weighted by molar-refractivity contribution is 6.19. The van der Waals surface area contributed by atoms with E-state index in [1.807, 2.05) is 0 Å². The van der Waals surface area contributed by atoms with E-state index < -0.39 is 35.9 Å². The Morgan fingerprint density at radius 1 is 1.03 bits per heavy atom. The SMILES string of the molecule is CC(C)[C@H](NC(=O)Cc1ccc(N2C(=O)CCC2=O)cc1)C(=O)N[C@@H](CCCNC(N)=O)C(=O)O. The Morgan fingerprint density at radius 3 is 2.14 bits per heavy atom. The van der Waals surface area contributed by atoms with Crippen molar-refractivity contribution >= 4 is 41.3 Å². The molecule has 2 rings (SSSR count). The summed E-state index contributed by atoms with van der Waals surface area (Å²) in [4.78, 5) is 72.4. The van der Waals surface area contributed by atoms with E-state index in [4.69, 9.17) is 5.73 Å². The largest absolute Gasteiger partial charge is 0.480 e. The number of nitrogens with one attached hydrogen (secondary N) is 3. The average molecular weight is 490 g/mol. The lowest BCUT2D eigenvalue weighted by Crippen LogP contribution is -2.54. The third-order valence-electron chi connectivity index (χ3n) is 5.46. The van der Waals surface area contributed by atoms with Gasteiger partial charge in [-0.15, -0.1) is 0 Å². The second-order valence-electron chi connectivity index (χ2n) is 8.59. The second kappa shape index (κ2) is 12.5. The van der Waals surface area contributed by atoms with Gasteiger partial charge in [0.15, 0.2) is 0 Å². The van der Waals surface area contributed by atoms with E-state index in [-0.39, 0.29) is 56.4 Å². The Kier molecular flexibility index (Phi) is 9.74. The van der Waals surface area contributed by atoms with Gasteiger partial charge in [0.25, 0.3) is 0 Å². The third-order valence-corrected chi connectivity index (χ3v) is 5.46. The van der Waals surface area contributed by atoms with Gasteiger partial charge in [-0.2, -0.15) is 0 Å². The van der Waals surface area contributed by atoms with Crippen molar-refractivity contribution in [1.29, 1.82) is 0 Å². The van der Waals surface area contributed by atoms with Gasteiger partial charge in [-0.1, -0.05) is 26.0 Å². The summed E-state index contributed by atoms with van der Waals surface area (Å²) >= 11 is 0. The van der Waals surface area contributed by atoms with E-state index >= 15 is 0 Å². The normalized spacial score (nSPS) is 15.0. The summed E-state index contributed by atoms with van der Waals surface area (Å²) in [5, 5.41) is 16.8. The molecule has 1 aromatic rings. The fraction of sp³-hybridized carbons (Fsp3) is 0.478.